The molecule has 0 radical (unpaired) electrons. The number of hydrogen-bond acceptors (Lipinski definition) is 3. The van der Waals surface area contributed by atoms with Crippen LogP contribution in [0.1, 0.15) is 16.8 Å². The Morgan fingerprint density at radius 3 is 3.07 bits per heavy atom. The second-order valence-electron chi connectivity index (χ2n) is 2.89. The second kappa shape index (κ2) is 4.13. The Kier molecular flexibility index (Phi) is 2.86. The van der Waals surface area contributed by atoms with Gasteiger partial charge in [0.05, 0.1) is 16.0 Å². The smallest absolute Gasteiger partial charge is 0.108 e. The van der Waals surface area contributed by atoms with Gasteiger partial charge in [0.25, 0.3) is 0 Å². The first kappa shape index (κ1) is 9.71. The fourth-order valence-corrected chi connectivity index (χ4v) is 2.40. The van der Waals surface area contributed by atoms with Crippen LogP contribution in [0.5, 0.6) is 0 Å². The van der Waals surface area contributed by atoms with Crippen molar-refractivity contribution < 1.29 is 5.11 Å². The van der Waals surface area contributed by atoms with E-state index in [0.717, 1.165) is 10.7 Å². The van der Waals surface area contributed by atoms with Gasteiger partial charge in [-0.15, -0.1) is 11.3 Å². The molecule has 2 rings (SSSR count). The summed E-state index contributed by atoms with van der Waals surface area (Å²) in [6.45, 7) is 0. The number of thiophene rings is 1. The predicted octanol–water partition coefficient (Wildman–Crippen LogP) is 2.40. The van der Waals surface area contributed by atoms with Crippen LogP contribution in [0.2, 0.25) is 5.02 Å². The SMILES string of the molecule is OC(Cc1ncc[nH]1)c1sccc1Cl. The van der Waals surface area contributed by atoms with Crippen molar-refractivity contribution >= 4 is 22.9 Å². The van der Waals surface area contributed by atoms with E-state index in [9.17, 15) is 5.11 Å². The summed E-state index contributed by atoms with van der Waals surface area (Å²) in [5, 5.41) is 12.3. The number of aliphatic hydroxyl groups is 1. The van der Waals surface area contributed by atoms with Crippen LogP contribution in [-0.2, 0) is 6.42 Å². The molecule has 74 valence electrons. The highest BCUT2D eigenvalue weighted by atomic mass is 35.5. The summed E-state index contributed by atoms with van der Waals surface area (Å²) >= 11 is 7.35. The number of imidazole rings is 1. The van der Waals surface area contributed by atoms with Gasteiger partial charge in [0, 0.05) is 18.8 Å². The third kappa shape index (κ3) is 1.97. The van der Waals surface area contributed by atoms with Gasteiger partial charge >= 0.3 is 0 Å². The van der Waals surface area contributed by atoms with Crippen LogP contribution in [0.15, 0.2) is 23.8 Å². The van der Waals surface area contributed by atoms with Crippen LogP contribution in [0, 0.1) is 0 Å². The molecule has 1 atom stereocenters. The molecule has 2 heterocycles. The fraction of sp³-hybridized carbons (Fsp3) is 0.222. The molecule has 0 saturated carbocycles. The molecule has 14 heavy (non-hydrogen) atoms. The number of rotatable bonds is 3. The number of nitrogens with zero attached hydrogens (tertiary/aromatic N) is 1. The maximum absolute atomic E-state index is 9.83. The highest BCUT2D eigenvalue weighted by Gasteiger charge is 2.14. The topological polar surface area (TPSA) is 48.9 Å². The fourth-order valence-electron chi connectivity index (χ4n) is 1.23. The highest BCUT2D eigenvalue weighted by Crippen LogP contribution is 2.29. The number of H-pyrrole nitrogens is 1. The molecule has 0 fully saturated rings. The van der Waals surface area contributed by atoms with E-state index in [-0.39, 0.29) is 0 Å². The van der Waals surface area contributed by atoms with Crippen LogP contribution in [-0.4, -0.2) is 15.1 Å². The number of hydrogen-bond donors (Lipinski definition) is 2. The predicted molar refractivity (Wildman–Crippen MR) is 56.6 cm³/mol. The highest BCUT2D eigenvalue weighted by molar-refractivity contribution is 7.10. The quantitative estimate of drug-likeness (QED) is 0.848. The molecular weight excluding hydrogens is 220 g/mol. The monoisotopic (exact) mass is 228 g/mol. The van der Waals surface area contributed by atoms with E-state index in [1.54, 1.807) is 18.5 Å². The lowest BCUT2D eigenvalue weighted by Gasteiger charge is -2.06. The van der Waals surface area contributed by atoms with Crippen molar-refractivity contribution in [2.24, 2.45) is 0 Å². The standard InChI is InChI=1S/C9H9ClN2OS/c10-6-1-4-14-9(6)7(13)5-8-11-2-3-12-8/h1-4,7,13H,5H2,(H,11,12). The van der Waals surface area contributed by atoms with Crippen molar-refractivity contribution in [2.45, 2.75) is 12.5 Å². The summed E-state index contributed by atoms with van der Waals surface area (Å²) in [5.41, 5.74) is 0. The van der Waals surface area contributed by atoms with E-state index in [1.807, 2.05) is 5.38 Å². The zero-order valence-corrected chi connectivity index (χ0v) is 8.85. The number of aliphatic hydroxyl groups excluding tert-OH is 1. The maximum Gasteiger partial charge on any atom is 0.108 e. The first-order chi connectivity index (χ1) is 6.77. The van der Waals surface area contributed by atoms with E-state index in [2.05, 4.69) is 9.97 Å². The zero-order valence-electron chi connectivity index (χ0n) is 7.27. The summed E-state index contributed by atoms with van der Waals surface area (Å²) in [5.74, 6) is 0.766. The third-order valence-electron chi connectivity index (χ3n) is 1.89. The normalized spacial score (nSPS) is 13.0. The van der Waals surface area contributed by atoms with E-state index < -0.39 is 6.10 Å². The molecule has 0 bridgehead atoms. The van der Waals surface area contributed by atoms with Gasteiger partial charge in [-0.05, 0) is 11.4 Å². The van der Waals surface area contributed by atoms with Gasteiger partial charge in [-0.25, -0.2) is 4.98 Å². The molecule has 0 aliphatic heterocycles. The molecule has 5 heteroatoms. The van der Waals surface area contributed by atoms with Gasteiger partial charge in [-0.2, -0.15) is 0 Å². The Morgan fingerprint density at radius 2 is 2.50 bits per heavy atom. The van der Waals surface area contributed by atoms with Crippen molar-refractivity contribution in [3.05, 3.63) is 39.6 Å². The van der Waals surface area contributed by atoms with Crippen molar-refractivity contribution in [1.29, 1.82) is 0 Å². The van der Waals surface area contributed by atoms with Gasteiger partial charge in [0.15, 0.2) is 0 Å². The molecule has 0 saturated heterocycles. The molecule has 0 spiro atoms. The Labute approximate surface area is 90.4 Å². The minimum atomic E-state index is -0.575. The minimum Gasteiger partial charge on any atom is -0.387 e. The molecule has 0 aromatic carbocycles. The molecule has 2 aromatic heterocycles. The molecule has 2 N–H and O–H groups in total. The molecule has 0 amide bonds. The molecule has 0 aliphatic rings. The summed E-state index contributed by atoms with van der Waals surface area (Å²) in [4.78, 5) is 7.78. The number of nitrogens with one attached hydrogen (secondary N) is 1. The lowest BCUT2D eigenvalue weighted by molar-refractivity contribution is 0.180. The van der Waals surface area contributed by atoms with Gasteiger partial charge in [0.2, 0.25) is 0 Å². The van der Waals surface area contributed by atoms with Gasteiger partial charge in [0.1, 0.15) is 5.82 Å². The third-order valence-corrected chi connectivity index (χ3v) is 3.35. The first-order valence-corrected chi connectivity index (χ1v) is 5.42. The average Bonchev–Trinajstić information content (AvgIpc) is 2.75. The average molecular weight is 229 g/mol. The number of aromatic amines is 1. The Morgan fingerprint density at radius 1 is 1.64 bits per heavy atom. The van der Waals surface area contributed by atoms with Crippen molar-refractivity contribution in [2.75, 3.05) is 0 Å². The van der Waals surface area contributed by atoms with E-state index in [0.29, 0.717) is 11.4 Å². The minimum absolute atomic E-state index is 0.466. The summed E-state index contributed by atoms with van der Waals surface area (Å²) in [6.07, 6.45) is 3.29. The first-order valence-electron chi connectivity index (χ1n) is 4.16. The van der Waals surface area contributed by atoms with Gasteiger partial charge in [-0.1, -0.05) is 11.6 Å². The Bertz CT molecular complexity index is 399. The van der Waals surface area contributed by atoms with Crippen molar-refractivity contribution in [1.82, 2.24) is 9.97 Å². The van der Waals surface area contributed by atoms with Crippen LogP contribution >= 0.6 is 22.9 Å². The van der Waals surface area contributed by atoms with Crippen LogP contribution in [0.25, 0.3) is 0 Å². The number of halogens is 1. The lowest BCUT2D eigenvalue weighted by Crippen LogP contribution is -2.01. The Balaban J connectivity index is 2.10. The molecule has 0 aliphatic carbocycles. The van der Waals surface area contributed by atoms with Gasteiger partial charge in [-0.3, -0.25) is 0 Å². The summed E-state index contributed by atoms with van der Waals surface area (Å²) in [7, 11) is 0. The zero-order chi connectivity index (χ0) is 9.97. The second-order valence-corrected chi connectivity index (χ2v) is 4.24. The molecule has 1 unspecified atom stereocenters. The van der Waals surface area contributed by atoms with Crippen LogP contribution < -0.4 is 0 Å². The van der Waals surface area contributed by atoms with Crippen molar-refractivity contribution in [3.8, 4) is 0 Å². The molecule has 3 nitrogen and oxygen atoms in total. The maximum atomic E-state index is 9.83. The summed E-state index contributed by atoms with van der Waals surface area (Å²) < 4.78 is 0. The van der Waals surface area contributed by atoms with E-state index in [4.69, 9.17) is 11.6 Å². The molecular formula is C9H9ClN2OS. The van der Waals surface area contributed by atoms with Gasteiger partial charge < -0.3 is 10.1 Å². The largest absolute Gasteiger partial charge is 0.387 e. The molecule has 2 aromatic rings. The number of aromatic nitrogens is 2. The summed E-state index contributed by atoms with van der Waals surface area (Å²) in [6, 6.07) is 1.78. The lowest BCUT2D eigenvalue weighted by atomic mass is 10.2. The van der Waals surface area contributed by atoms with Crippen LogP contribution in [0.4, 0.5) is 0 Å². The van der Waals surface area contributed by atoms with E-state index in [1.165, 1.54) is 11.3 Å². The van der Waals surface area contributed by atoms with Crippen LogP contribution in [0.3, 0.4) is 0 Å². The Hall–Kier alpha value is -0.840. The van der Waals surface area contributed by atoms with E-state index >= 15 is 0 Å². The van der Waals surface area contributed by atoms with Crippen molar-refractivity contribution in [3.63, 3.8) is 0 Å².